The number of nitrogens with zero attached hydrogens (tertiary/aromatic N) is 3. The molecule has 27 heavy (non-hydrogen) atoms. The second-order valence-corrected chi connectivity index (χ2v) is 8.89. The lowest BCUT2D eigenvalue weighted by molar-refractivity contribution is -0.133. The van der Waals surface area contributed by atoms with Crippen LogP contribution in [0.1, 0.15) is 44.1 Å². The minimum Gasteiger partial charge on any atom is -0.340 e. The van der Waals surface area contributed by atoms with Crippen molar-refractivity contribution in [1.29, 1.82) is 0 Å². The Balaban J connectivity index is 1.15. The van der Waals surface area contributed by atoms with Gasteiger partial charge in [0, 0.05) is 52.2 Å². The average molecular weight is 370 g/mol. The van der Waals surface area contributed by atoms with E-state index in [0.29, 0.717) is 5.91 Å². The van der Waals surface area contributed by atoms with Gasteiger partial charge < -0.3 is 9.80 Å². The van der Waals surface area contributed by atoms with Gasteiger partial charge in [0.05, 0.1) is 0 Å². The van der Waals surface area contributed by atoms with Crippen molar-refractivity contribution in [3.63, 3.8) is 0 Å². The third-order valence-electron chi connectivity index (χ3n) is 6.56. The number of likely N-dealkylation sites (tertiary alicyclic amines) is 1. The third kappa shape index (κ3) is 5.79. The van der Waals surface area contributed by atoms with Gasteiger partial charge in [0.1, 0.15) is 0 Å². The third-order valence-corrected chi connectivity index (χ3v) is 6.56. The zero-order valence-electron chi connectivity index (χ0n) is 16.7. The van der Waals surface area contributed by atoms with Crippen molar-refractivity contribution < 1.29 is 4.79 Å². The van der Waals surface area contributed by atoms with E-state index in [-0.39, 0.29) is 0 Å². The van der Waals surface area contributed by atoms with E-state index in [0.717, 1.165) is 57.4 Å². The number of carbonyl (C=O) groups is 1. The summed E-state index contributed by atoms with van der Waals surface area (Å²) >= 11 is 0. The van der Waals surface area contributed by atoms with E-state index in [1.165, 1.54) is 50.9 Å². The highest BCUT2D eigenvalue weighted by Gasteiger charge is 2.28. The molecule has 148 valence electrons. The van der Waals surface area contributed by atoms with Crippen LogP contribution < -0.4 is 0 Å². The SMILES string of the molecule is O=C(CCC1CCCN(CC2CC2)C1)N1CCN(Cc2ccccc2)CC1. The normalized spacial score (nSPS) is 24.9. The molecule has 2 aliphatic heterocycles. The fourth-order valence-corrected chi connectivity index (χ4v) is 4.70. The molecule has 2 saturated heterocycles. The Kier molecular flexibility index (Phi) is 6.46. The van der Waals surface area contributed by atoms with Gasteiger partial charge in [-0.15, -0.1) is 0 Å². The number of amides is 1. The number of piperazine rings is 1. The number of benzene rings is 1. The molecule has 1 saturated carbocycles. The average Bonchev–Trinajstić information content (AvgIpc) is 3.52. The van der Waals surface area contributed by atoms with E-state index in [2.05, 4.69) is 45.0 Å². The van der Waals surface area contributed by atoms with E-state index >= 15 is 0 Å². The molecule has 0 bridgehead atoms. The number of hydrogen-bond donors (Lipinski definition) is 0. The van der Waals surface area contributed by atoms with Crippen molar-refractivity contribution in [2.24, 2.45) is 11.8 Å². The second-order valence-electron chi connectivity index (χ2n) is 8.89. The molecular formula is C23H35N3O. The number of carbonyl (C=O) groups excluding carboxylic acids is 1. The zero-order valence-corrected chi connectivity index (χ0v) is 16.7. The standard InChI is InChI=1S/C23H35N3O/c27-23(11-10-21-7-4-12-25(18-21)19-22-8-9-22)26-15-13-24(14-16-26)17-20-5-2-1-3-6-20/h1-3,5-6,21-22H,4,7-19H2. The molecule has 1 aromatic rings. The summed E-state index contributed by atoms with van der Waals surface area (Å²) in [4.78, 5) is 19.9. The maximum atomic E-state index is 12.7. The smallest absolute Gasteiger partial charge is 0.222 e. The van der Waals surface area contributed by atoms with Crippen molar-refractivity contribution >= 4 is 5.91 Å². The van der Waals surface area contributed by atoms with Crippen molar-refractivity contribution in [1.82, 2.24) is 14.7 Å². The lowest BCUT2D eigenvalue weighted by Crippen LogP contribution is -2.48. The van der Waals surface area contributed by atoms with Crippen molar-refractivity contribution in [3.8, 4) is 0 Å². The van der Waals surface area contributed by atoms with Crippen LogP contribution in [-0.2, 0) is 11.3 Å². The zero-order chi connectivity index (χ0) is 18.5. The van der Waals surface area contributed by atoms with E-state index in [4.69, 9.17) is 0 Å². The van der Waals surface area contributed by atoms with Crippen LogP contribution in [0.5, 0.6) is 0 Å². The number of rotatable bonds is 7. The Bertz CT molecular complexity index is 593. The van der Waals surface area contributed by atoms with Gasteiger partial charge in [0.15, 0.2) is 0 Å². The second kappa shape index (κ2) is 9.20. The van der Waals surface area contributed by atoms with Crippen LogP contribution in [0.3, 0.4) is 0 Å². The van der Waals surface area contributed by atoms with Gasteiger partial charge in [0.25, 0.3) is 0 Å². The Morgan fingerprint density at radius 3 is 2.41 bits per heavy atom. The molecule has 2 heterocycles. The van der Waals surface area contributed by atoms with Gasteiger partial charge in [-0.25, -0.2) is 0 Å². The van der Waals surface area contributed by atoms with E-state index in [1.807, 2.05) is 0 Å². The summed E-state index contributed by atoms with van der Waals surface area (Å²) in [5.74, 6) is 2.10. The lowest BCUT2D eigenvalue weighted by Gasteiger charge is -2.36. The summed E-state index contributed by atoms with van der Waals surface area (Å²) in [6.07, 6.45) is 7.36. The van der Waals surface area contributed by atoms with Gasteiger partial charge in [-0.2, -0.15) is 0 Å². The van der Waals surface area contributed by atoms with Gasteiger partial charge in [-0.05, 0) is 56.0 Å². The maximum absolute atomic E-state index is 12.7. The molecule has 3 aliphatic rings. The first-order valence-corrected chi connectivity index (χ1v) is 11.0. The number of piperidine rings is 1. The van der Waals surface area contributed by atoms with Crippen LogP contribution in [0.2, 0.25) is 0 Å². The summed E-state index contributed by atoms with van der Waals surface area (Å²) < 4.78 is 0. The maximum Gasteiger partial charge on any atom is 0.222 e. The largest absolute Gasteiger partial charge is 0.340 e. The lowest BCUT2D eigenvalue weighted by atomic mass is 9.93. The highest BCUT2D eigenvalue weighted by molar-refractivity contribution is 5.76. The minimum absolute atomic E-state index is 0.383. The van der Waals surface area contributed by atoms with Crippen LogP contribution in [0.15, 0.2) is 30.3 Å². The molecule has 1 unspecified atom stereocenters. The highest BCUT2D eigenvalue weighted by atomic mass is 16.2. The van der Waals surface area contributed by atoms with Gasteiger partial charge in [-0.3, -0.25) is 9.69 Å². The fraction of sp³-hybridized carbons (Fsp3) is 0.696. The van der Waals surface area contributed by atoms with E-state index < -0.39 is 0 Å². The van der Waals surface area contributed by atoms with Crippen molar-refractivity contribution in [2.75, 3.05) is 45.8 Å². The molecule has 1 aliphatic carbocycles. The van der Waals surface area contributed by atoms with Crippen LogP contribution >= 0.6 is 0 Å². The van der Waals surface area contributed by atoms with Crippen LogP contribution in [0.4, 0.5) is 0 Å². The van der Waals surface area contributed by atoms with E-state index in [9.17, 15) is 4.79 Å². The van der Waals surface area contributed by atoms with Crippen LogP contribution in [0.25, 0.3) is 0 Å². The molecule has 3 fully saturated rings. The van der Waals surface area contributed by atoms with Gasteiger partial charge in [0.2, 0.25) is 5.91 Å². The quantitative estimate of drug-likeness (QED) is 0.738. The molecular weight excluding hydrogens is 334 g/mol. The Hall–Kier alpha value is -1.39. The molecule has 0 aromatic heterocycles. The summed E-state index contributed by atoms with van der Waals surface area (Å²) in [6.45, 7) is 8.61. The molecule has 1 amide bonds. The molecule has 1 atom stereocenters. The minimum atomic E-state index is 0.383. The fourth-order valence-electron chi connectivity index (χ4n) is 4.70. The molecule has 1 aromatic carbocycles. The van der Waals surface area contributed by atoms with Crippen LogP contribution in [-0.4, -0.2) is 66.4 Å². The first-order chi connectivity index (χ1) is 13.3. The Morgan fingerprint density at radius 2 is 1.67 bits per heavy atom. The Labute approximate surface area is 164 Å². The highest BCUT2D eigenvalue weighted by Crippen LogP contribution is 2.31. The molecule has 4 nitrogen and oxygen atoms in total. The predicted octanol–water partition coefficient (Wildman–Crippen LogP) is 3.23. The van der Waals surface area contributed by atoms with E-state index in [1.54, 1.807) is 0 Å². The first kappa shape index (κ1) is 18.9. The van der Waals surface area contributed by atoms with Crippen molar-refractivity contribution in [3.05, 3.63) is 35.9 Å². The molecule has 0 spiro atoms. The summed E-state index contributed by atoms with van der Waals surface area (Å²) in [6, 6.07) is 10.7. The predicted molar refractivity (Wildman–Crippen MR) is 109 cm³/mol. The van der Waals surface area contributed by atoms with Gasteiger partial charge >= 0.3 is 0 Å². The Morgan fingerprint density at radius 1 is 0.889 bits per heavy atom. The first-order valence-electron chi connectivity index (χ1n) is 11.0. The molecule has 4 rings (SSSR count). The molecule has 0 N–H and O–H groups in total. The topological polar surface area (TPSA) is 26.8 Å². The van der Waals surface area contributed by atoms with Crippen molar-refractivity contribution in [2.45, 2.75) is 45.1 Å². The summed E-state index contributed by atoms with van der Waals surface area (Å²) in [7, 11) is 0. The summed E-state index contributed by atoms with van der Waals surface area (Å²) in [5.41, 5.74) is 1.37. The molecule has 0 radical (unpaired) electrons. The van der Waals surface area contributed by atoms with Crippen LogP contribution in [0, 0.1) is 11.8 Å². The molecule has 4 heteroatoms. The van der Waals surface area contributed by atoms with Gasteiger partial charge in [-0.1, -0.05) is 30.3 Å². The number of hydrogen-bond acceptors (Lipinski definition) is 3. The monoisotopic (exact) mass is 369 g/mol. The summed E-state index contributed by atoms with van der Waals surface area (Å²) in [5, 5.41) is 0.